The zero-order valence-electron chi connectivity index (χ0n) is 8.22. The molecule has 2 heteroatoms. The SMILES string of the molecule is CCCCc1[se]c2ccccc2c1Cl. The van der Waals surface area contributed by atoms with E-state index < -0.39 is 0 Å². The van der Waals surface area contributed by atoms with Crippen molar-refractivity contribution in [3.8, 4) is 0 Å². The van der Waals surface area contributed by atoms with Crippen molar-refractivity contribution in [2.75, 3.05) is 0 Å². The van der Waals surface area contributed by atoms with Gasteiger partial charge in [0.25, 0.3) is 0 Å². The van der Waals surface area contributed by atoms with Gasteiger partial charge in [-0.25, -0.2) is 0 Å². The first-order valence-corrected chi connectivity index (χ1v) is 7.08. The normalized spacial score (nSPS) is 11.0. The molecule has 0 aliphatic rings. The van der Waals surface area contributed by atoms with Crippen molar-refractivity contribution in [1.82, 2.24) is 0 Å². The Morgan fingerprint density at radius 1 is 1.29 bits per heavy atom. The summed E-state index contributed by atoms with van der Waals surface area (Å²) in [7, 11) is 0. The average molecular weight is 272 g/mol. The molecule has 0 spiro atoms. The summed E-state index contributed by atoms with van der Waals surface area (Å²) in [6.45, 7) is 2.23. The van der Waals surface area contributed by atoms with Crippen LogP contribution in [0.1, 0.15) is 24.2 Å². The molecule has 0 atom stereocenters. The molecule has 74 valence electrons. The van der Waals surface area contributed by atoms with Crippen LogP contribution in [0, 0.1) is 0 Å². The number of hydrogen-bond donors (Lipinski definition) is 0. The van der Waals surface area contributed by atoms with Gasteiger partial charge < -0.3 is 0 Å². The quantitative estimate of drug-likeness (QED) is 0.743. The Hall–Kier alpha value is -0.231. The molecule has 0 unspecified atom stereocenters. The van der Waals surface area contributed by atoms with Gasteiger partial charge in [-0.1, -0.05) is 0 Å². The molecule has 0 amide bonds. The number of halogens is 1. The van der Waals surface area contributed by atoms with Crippen LogP contribution < -0.4 is 0 Å². The molecule has 0 saturated carbocycles. The van der Waals surface area contributed by atoms with E-state index in [1.165, 1.54) is 33.3 Å². The fourth-order valence-corrected chi connectivity index (χ4v) is 4.54. The van der Waals surface area contributed by atoms with Gasteiger partial charge in [0.2, 0.25) is 0 Å². The molecule has 0 N–H and O–H groups in total. The van der Waals surface area contributed by atoms with Crippen molar-refractivity contribution >= 4 is 35.8 Å². The van der Waals surface area contributed by atoms with Crippen LogP contribution in [-0.4, -0.2) is 14.5 Å². The minimum absolute atomic E-state index is 0.489. The molecule has 0 radical (unpaired) electrons. The zero-order valence-corrected chi connectivity index (χ0v) is 10.7. The first-order valence-electron chi connectivity index (χ1n) is 4.99. The summed E-state index contributed by atoms with van der Waals surface area (Å²) in [5.41, 5.74) is 0. The molecule has 1 aromatic heterocycles. The van der Waals surface area contributed by atoms with Crippen LogP contribution in [-0.2, 0) is 6.42 Å². The third kappa shape index (κ3) is 1.90. The molecule has 0 fully saturated rings. The fraction of sp³-hybridized carbons (Fsp3) is 0.333. The second-order valence-corrected chi connectivity index (χ2v) is 6.20. The number of benzene rings is 1. The van der Waals surface area contributed by atoms with Crippen molar-refractivity contribution in [1.29, 1.82) is 0 Å². The Morgan fingerprint density at radius 2 is 2.07 bits per heavy atom. The molecule has 1 heterocycles. The maximum absolute atomic E-state index is 6.34. The van der Waals surface area contributed by atoms with E-state index in [9.17, 15) is 0 Å². The molecule has 0 aliphatic carbocycles. The Bertz CT molecular complexity index is 431. The number of fused-ring (bicyclic) bond motifs is 1. The van der Waals surface area contributed by atoms with Crippen LogP contribution in [0.15, 0.2) is 24.3 Å². The van der Waals surface area contributed by atoms with E-state index >= 15 is 0 Å². The van der Waals surface area contributed by atoms with Gasteiger partial charge in [0, 0.05) is 0 Å². The summed E-state index contributed by atoms with van der Waals surface area (Å²) in [5, 5.41) is 2.31. The zero-order chi connectivity index (χ0) is 9.97. The predicted octanol–water partition coefficient (Wildman–Crippen LogP) is 3.89. The van der Waals surface area contributed by atoms with Crippen LogP contribution in [0.5, 0.6) is 0 Å². The second kappa shape index (κ2) is 4.53. The van der Waals surface area contributed by atoms with E-state index in [0.717, 1.165) is 5.02 Å². The van der Waals surface area contributed by atoms with Crippen LogP contribution in [0.4, 0.5) is 0 Å². The van der Waals surface area contributed by atoms with Crippen molar-refractivity contribution in [3.05, 3.63) is 33.7 Å². The number of rotatable bonds is 3. The number of hydrogen-bond acceptors (Lipinski definition) is 0. The Morgan fingerprint density at radius 3 is 2.79 bits per heavy atom. The summed E-state index contributed by atoms with van der Waals surface area (Å²) < 4.78 is 2.94. The van der Waals surface area contributed by atoms with Crippen LogP contribution in [0.25, 0.3) is 9.65 Å². The van der Waals surface area contributed by atoms with Gasteiger partial charge in [-0.15, -0.1) is 0 Å². The van der Waals surface area contributed by atoms with Gasteiger partial charge in [-0.3, -0.25) is 0 Å². The van der Waals surface area contributed by atoms with Gasteiger partial charge in [-0.05, 0) is 0 Å². The van der Waals surface area contributed by atoms with Crippen molar-refractivity contribution in [3.63, 3.8) is 0 Å². The van der Waals surface area contributed by atoms with E-state index in [4.69, 9.17) is 11.6 Å². The Labute approximate surface area is 95.6 Å². The summed E-state index contributed by atoms with van der Waals surface area (Å²) >= 11 is 6.83. The van der Waals surface area contributed by atoms with Crippen molar-refractivity contribution in [2.45, 2.75) is 26.2 Å². The third-order valence-electron chi connectivity index (χ3n) is 2.36. The molecule has 1 aromatic carbocycles. The van der Waals surface area contributed by atoms with Gasteiger partial charge in [0.1, 0.15) is 0 Å². The molecule has 0 saturated heterocycles. The first kappa shape index (κ1) is 10.3. The third-order valence-corrected chi connectivity index (χ3v) is 5.63. The van der Waals surface area contributed by atoms with Gasteiger partial charge >= 0.3 is 95.7 Å². The van der Waals surface area contributed by atoms with E-state index in [2.05, 4.69) is 31.2 Å². The second-order valence-electron chi connectivity index (χ2n) is 3.44. The number of aryl methyl sites for hydroxylation is 1. The van der Waals surface area contributed by atoms with Crippen LogP contribution in [0.3, 0.4) is 0 Å². The molecule has 2 rings (SSSR count). The molecule has 14 heavy (non-hydrogen) atoms. The summed E-state index contributed by atoms with van der Waals surface area (Å²) in [5.74, 6) is 0. The van der Waals surface area contributed by atoms with E-state index in [1.807, 2.05) is 0 Å². The minimum atomic E-state index is 0.489. The maximum atomic E-state index is 6.34. The summed E-state index contributed by atoms with van der Waals surface area (Å²) in [4.78, 5) is 0. The topological polar surface area (TPSA) is 0 Å². The standard InChI is InChI=1S/C12H13ClSe/c1-2-3-7-11-12(13)9-6-4-5-8-10(9)14-11/h4-6,8H,2-3,7H2,1H3. The van der Waals surface area contributed by atoms with E-state index in [1.54, 1.807) is 0 Å². The average Bonchev–Trinajstić information content (AvgIpc) is 2.54. The molecule has 0 nitrogen and oxygen atoms in total. The van der Waals surface area contributed by atoms with Crippen LogP contribution in [0.2, 0.25) is 5.02 Å². The van der Waals surface area contributed by atoms with E-state index in [-0.39, 0.29) is 0 Å². The predicted molar refractivity (Wildman–Crippen MR) is 64.5 cm³/mol. The molecular weight excluding hydrogens is 259 g/mol. The van der Waals surface area contributed by atoms with Crippen molar-refractivity contribution in [2.24, 2.45) is 0 Å². The molecule has 0 aliphatic heterocycles. The van der Waals surface area contributed by atoms with E-state index in [0.29, 0.717) is 14.5 Å². The first-order chi connectivity index (χ1) is 6.83. The number of unbranched alkanes of at least 4 members (excludes halogenated alkanes) is 1. The Kier molecular flexibility index (Phi) is 3.33. The van der Waals surface area contributed by atoms with Gasteiger partial charge in [0.15, 0.2) is 0 Å². The van der Waals surface area contributed by atoms with Crippen molar-refractivity contribution < 1.29 is 0 Å². The molecule has 2 aromatic rings. The summed E-state index contributed by atoms with van der Waals surface area (Å²) in [6, 6.07) is 8.52. The monoisotopic (exact) mass is 272 g/mol. The van der Waals surface area contributed by atoms with Gasteiger partial charge in [0.05, 0.1) is 0 Å². The summed E-state index contributed by atoms with van der Waals surface area (Å²) in [6.07, 6.45) is 3.70. The molecule has 0 bridgehead atoms. The molecular formula is C12H13ClSe. The van der Waals surface area contributed by atoms with Crippen LogP contribution >= 0.6 is 11.6 Å². The fourth-order valence-electron chi connectivity index (χ4n) is 1.56. The van der Waals surface area contributed by atoms with Gasteiger partial charge in [-0.2, -0.15) is 0 Å². The Balaban J connectivity index is 2.41.